The first-order valence-corrected chi connectivity index (χ1v) is 8.98. The zero-order chi connectivity index (χ0) is 18.0. The maximum Gasteiger partial charge on any atom is 0.253 e. The minimum atomic E-state index is -1.06. The molecular weight excluding hydrogens is 322 g/mol. The number of ether oxygens (including phenoxy) is 2. The molecule has 0 spiro atoms. The molecule has 6 nitrogen and oxygen atoms in total. The number of aliphatic hydroxyl groups excluding tert-OH is 1. The van der Waals surface area contributed by atoms with Gasteiger partial charge in [-0.25, -0.2) is 0 Å². The highest BCUT2D eigenvalue weighted by molar-refractivity contribution is 5.81. The predicted octanol–water partition coefficient (Wildman–Crippen LogP) is 2.21. The van der Waals surface area contributed by atoms with Crippen molar-refractivity contribution in [3.05, 3.63) is 22.8 Å². The molecule has 3 aliphatic heterocycles. The van der Waals surface area contributed by atoms with Gasteiger partial charge < -0.3 is 24.6 Å². The number of phenolic OH excluding ortho intramolecular Hbond substituents is 1. The Morgan fingerprint density at radius 3 is 2.76 bits per heavy atom. The van der Waals surface area contributed by atoms with E-state index in [1.54, 1.807) is 11.0 Å². The molecule has 0 aliphatic carbocycles. The predicted molar refractivity (Wildman–Crippen MR) is 90.5 cm³/mol. The SMILES string of the molecule is Cc1c(O)cc2c3c1[C@H](C)[C@@H](C)O[C@@H]3[C@@H]1CCN(C(=O)[C@@H](C)O)[C@@H]1O2. The average molecular weight is 347 g/mol. The quantitative estimate of drug-likeness (QED) is 0.814. The summed E-state index contributed by atoms with van der Waals surface area (Å²) in [5.41, 5.74) is 3.01. The van der Waals surface area contributed by atoms with Crippen molar-refractivity contribution in [3.8, 4) is 11.5 Å². The van der Waals surface area contributed by atoms with Crippen LogP contribution in [0.1, 0.15) is 55.9 Å². The van der Waals surface area contributed by atoms with Crippen molar-refractivity contribution in [2.75, 3.05) is 6.54 Å². The molecule has 3 heterocycles. The van der Waals surface area contributed by atoms with Crippen LogP contribution in [0, 0.1) is 12.8 Å². The number of carbonyl (C=O) groups excluding carboxylic acids is 1. The van der Waals surface area contributed by atoms with Gasteiger partial charge in [-0.05, 0) is 38.3 Å². The van der Waals surface area contributed by atoms with E-state index in [0.717, 1.165) is 23.1 Å². The van der Waals surface area contributed by atoms with Crippen LogP contribution in [0.3, 0.4) is 0 Å². The molecule has 0 aromatic heterocycles. The van der Waals surface area contributed by atoms with Crippen LogP contribution in [0.5, 0.6) is 11.5 Å². The summed E-state index contributed by atoms with van der Waals surface area (Å²) in [7, 11) is 0. The summed E-state index contributed by atoms with van der Waals surface area (Å²) in [5, 5.41) is 20.0. The number of phenols is 1. The lowest BCUT2D eigenvalue weighted by Gasteiger charge is -2.45. The number of nitrogens with zero attached hydrogens (tertiary/aromatic N) is 1. The van der Waals surface area contributed by atoms with Gasteiger partial charge in [0.2, 0.25) is 0 Å². The molecule has 1 amide bonds. The van der Waals surface area contributed by atoms with Crippen LogP contribution in [0.4, 0.5) is 0 Å². The molecule has 1 saturated heterocycles. The fourth-order valence-corrected chi connectivity index (χ4v) is 4.57. The lowest BCUT2D eigenvalue weighted by atomic mass is 9.77. The highest BCUT2D eigenvalue weighted by Gasteiger charge is 2.52. The number of likely N-dealkylation sites (tertiary alicyclic amines) is 1. The van der Waals surface area contributed by atoms with Crippen LogP contribution in [0.15, 0.2) is 6.07 Å². The Morgan fingerprint density at radius 2 is 2.08 bits per heavy atom. The Hall–Kier alpha value is -1.79. The lowest BCUT2D eigenvalue weighted by molar-refractivity contribution is -0.153. The lowest BCUT2D eigenvalue weighted by Crippen LogP contribution is -2.49. The monoisotopic (exact) mass is 347 g/mol. The molecule has 2 N–H and O–H groups in total. The first-order valence-electron chi connectivity index (χ1n) is 8.98. The average Bonchev–Trinajstić information content (AvgIpc) is 2.97. The zero-order valence-electron chi connectivity index (χ0n) is 15.0. The fourth-order valence-electron chi connectivity index (χ4n) is 4.57. The van der Waals surface area contributed by atoms with E-state index in [0.29, 0.717) is 12.3 Å². The molecule has 25 heavy (non-hydrogen) atoms. The third-order valence-corrected chi connectivity index (χ3v) is 6.07. The third kappa shape index (κ3) is 2.27. The number of benzene rings is 1. The fraction of sp³-hybridized carbons (Fsp3) is 0.632. The molecule has 0 bridgehead atoms. The van der Waals surface area contributed by atoms with Gasteiger partial charge in [0.25, 0.3) is 5.91 Å². The molecule has 0 radical (unpaired) electrons. The molecule has 1 fully saturated rings. The largest absolute Gasteiger partial charge is 0.508 e. The van der Waals surface area contributed by atoms with E-state index in [9.17, 15) is 15.0 Å². The Balaban J connectivity index is 1.82. The molecular formula is C19H25NO5. The standard InChI is InChI=1S/C19H25NO5/c1-8-11(4)24-17-12-5-6-20(18(23)10(3)21)19(12)25-14-7-13(22)9(2)15(8)16(14)17/h7-8,10-12,17,19,21-22H,5-6H2,1-4H3/t8-,10-,11-,12+,17-,19-/m1/s1. The van der Waals surface area contributed by atoms with Gasteiger partial charge in [0.05, 0.1) is 12.2 Å². The van der Waals surface area contributed by atoms with Crippen LogP contribution in [-0.2, 0) is 9.53 Å². The van der Waals surface area contributed by atoms with Gasteiger partial charge in [0.1, 0.15) is 17.6 Å². The molecule has 1 aromatic rings. The van der Waals surface area contributed by atoms with Crippen molar-refractivity contribution in [1.29, 1.82) is 0 Å². The van der Waals surface area contributed by atoms with Crippen molar-refractivity contribution in [2.45, 2.75) is 64.6 Å². The van der Waals surface area contributed by atoms with E-state index in [4.69, 9.17) is 9.47 Å². The second-order valence-electron chi connectivity index (χ2n) is 7.57. The van der Waals surface area contributed by atoms with E-state index in [1.165, 1.54) is 6.92 Å². The molecule has 0 saturated carbocycles. The molecule has 0 unspecified atom stereocenters. The maximum atomic E-state index is 12.3. The summed E-state index contributed by atoms with van der Waals surface area (Å²) in [4.78, 5) is 13.9. The minimum Gasteiger partial charge on any atom is -0.508 e. The topological polar surface area (TPSA) is 79.2 Å². The van der Waals surface area contributed by atoms with Crippen molar-refractivity contribution in [3.63, 3.8) is 0 Å². The second kappa shape index (κ2) is 5.61. The second-order valence-corrected chi connectivity index (χ2v) is 7.57. The van der Waals surface area contributed by atoms with Crippen molar-refractivity contribution in [2.24, 2.45) is 5.92 Å². The Bertz CT molecular complexity index is 731. The number of fused-ring (bicyclic) bond motifs is 2. The van der Waals surface area contributed by atoms with E-state index in [2.05, 4.69) is 13.8 Å². The van der Waals surface area contributed by atoms with Gasteiger partial charge in [-0.1, -0.05) is 6.92 Å². The number of aromatic hydroxyl groups is 1. The molecule has 1 aromatic carbocycles. The number of hydrogen-bond donors (Lipinski definition) is 2. The summed E-state index contributed by atoms with van der Waals surface area (Å²) in [6.45, 7) is 8.10. The smallest absolute Gasteiger partial charge is 0.253 e. The van der Waals surface area contributed by atoms with Crippen LogP contribution in [0.2, 0.25) is 0 Å². The van der Waals surface area contributed by atoms with E-state index >= 15 is 0 Å². The molecule has 3 aliphatic rings. The Kier molecular flexibility index (Phi) is 3.74. The zero-order valence-corrected chi connectivity index (χ0v) is 15.0. The summed E-state index contributed by atoms with van der Waals surface area (Å²) in [6, 6.07) is 1.63. The van der Waals surface area contributed by atoms with E-state index in [1.807, 2.05) is 6.92 Å². The summed E-state index contributed by atoms with van der Waals surface area (Å²) >= 11 is 0. The van der Waals surface area contributed by atoms with Crippen molar-refractivity contribution < 1.29 is 24.5 Å². The normalized spacial score (nSPS) is 34.1. The van der Waals surface area contributed by atoms with Crippen LogP contribution in [-0.4, -0.2) is 46.0 Å². The van der Waals surface area contributed by atoms with Gasteiger partial charge in [-0.15, -0.1) is 0 Å². The maximum absolute atomic E-state index is 12.3. The first kappa shape index (κ1) is 16.7. The molecule has 6 atom stereocenters. The van der Waals surface area contributed by atoms with Crippen molar-refractivity contribution in [1.82, 2.24) is 4.90 Å². The van der Waals surface area contributed by atoms with Crippen LogP contribution in [0.25, 0.3) is 0 Å². The number of amides is 1. The van der Waals surface area contributed by atoms with Crippen molar-refractivity contribution >= 4 is 5.91 Å². The van der Waals surface area contributed by atoms with E-state index in [-0.39, 0.29) is 35.7 Å². The number of carbonyl (C=O) groups is 1. The van der Waals surface area contributed by atoms with Gasteiger partial charge in [0.15, 0.2) is 6.23 Å². The molecule has 4 rings (SSSR count). The summed E-state index contributed by atoms with van der Waals surface area (Å²) < 4.78 is 12.5. The van der Waals surface area contributed by atoms with Gasteiger partial charge in [-0.2, -0.15) is 0 Å². The van der Waals surface area contributed by atoms with E-state index < -0.39 is 12.3 Å². The highest BCUT2D eigenvalue weighted by Crippen LogP contribution is 2.55. The minimum absolute atomic E-state index is 0.0196. The van der Waals surface area contributed by atoms with Gasteiger partial charge >= 0.3 is 0 Å². The van der Waals surface area contributed by atoms with Crippen LogP contribution < -0.4 is 4.74 Å². The third-order valence-electron chi connectivity index (χ3n) is 6.07. The molecule has 6 heteroatoms. The molecule has 136 valence electrons. The summed E-state index contributed by atoms with van der Waals surface area (Å²) in [6.07, 6.45) is -0.882. The first-order chi connectivity index (χ1) is 11.8. The van der Waals surface area contributed by atoms with Crippen LogP contribution >= 0.6 is 0 Å². The number of rotatable bonds is 1. The number of aliphatic hydroxyl groups is 1. The highest BCUT2D eigenvalue weighted by atomic mass is 16.5. The van der Waals surface area contributed by atoms with Gasteiger partial charge in [0, 0.05) is 30.0 Å². The Labute approximate surface area is 147 Å². The van der Waals surface area contributed by atoms with Gasteiger partial charge in [-0.3, -0.25) is 4.79 Å². The number of hydrogen-bond acceptors (Lipinski definition) is 5. The summed E-state index contributed by atoms with van der Waals surface area (Å²) in [5.74, 6) is 0.665. The Morgan fingerprint density at radius 1 is 1.36 bits per heavy atom.